The van der Waals surface area contributed by atoms with Gasteiger partial charge in [0.1, 0.15) is 0 Å². The Morgan fingerprint density at radius 1 is 1.44 bits per heavy atom. The van der Waals surface area contributed by atoms with E-state index in [-0.39, 0.29) is 23.5 Å². The minimum Gasteiger partial charge on any atom is -0.369 e. The maximum absolute atomic E-state index is 12.6. The van der Waals surface area contributed by atoms with Crippen LogP contribution in [0.25, 0.3) is 0 Å². The number of likely N-dealkylation sites (tertiary alicyclic amines) is 1. The molecule has 0 aromatic carbocycles. The summed E-state index contributed by atoms with van der Waals surface area (Å²) in [5.41, 5.74) is 5.93. The first-order chi connectivity index (χ1) is 12.9. The molecule has 27 heavy (non-hydrogen) atoms. The molecule has 144 valence electrons. The van der Waals surface area contributed by atoms with Crippen LogP contribution in [0, 0.1) is 12.8 Å². The highest BCUT2D eigenvalue weighted by Crippen LogP contribution is 2.32. The zero-order chi connectivity index (χ0) is 19.4. The number of rotatable bonds is 6. The Kier molecular flexibility index (Phi) is 6.51. The fraction of sp³-hybridized carbons (Fsp3) is 0.412. The molecule has 3 amide bonds. The first-order valence-corrected chi connectivity index (χ1v) is 11.1. The van der Waals surface area contributed by atoms with Gasteiger partial charge in [-0.25, -0.2) is 4.98 Å². The number of nitrogens with two attached hydrogens (primary N) is 1. The molecule has 3 heterocycles. The first-order valence-electron chi connectivity index (χ1n) is 8.46. The fourth-order valence-electron chi connectivity index (χ4n) is 2.85. The molecule has 1 unspecified atom stereocenters. The van der Waals surface area contributed by atoms with Gasteiger partial charge in [0.15, 0.2) is 5.13 Å². The number of thiazole rings is 1. The lowest BCUT2D eigenvalue weighted by molar-refractivity contribution is -0.121. The summed E-state index contributed by atoms with van der Waals surface area (Å²) >= 11 is 4.06. The summed E-state index contributed by atoms with van der Waals surface area (Å²) < 4.78 is 0.863. The Labute approximate surface area is 169 Å². The van der Waals surface area contributed by atoms with Gasteiger partial charge in [0.25, 0.3) is 5.91 Å². The number of carbonyl (C=O) groups excluding carboxylic acids is 3. The van der Waals surface area contributed by atoms with E-state index in [1.807, 2.05) is 18.4 Å². The molecule has 3 rings (SSSR count). The lowest BCUT2D eigenvalue weighted by Gasteiger charge is -2.31. The summed E-state index contributed by atoms with van der Waals surface area (Å²) in [6, 6.07) is 3.66. The molecule has 2 aromatic rings. The van der Waals surface area contributed by atoms with Crippen LogP contribution in [0.4, 0.5) is 5.13 Å². The average molecular weight is 425 g/mol. The third kappa shape index (κ3) is 5.08. The second-order valence-corrected chi connectivity index (χ2v) is 9.39. The van der Waals surface area contributed by atoms with Gasteiger partial charge in [0.2, 0.25) is 11.8 Å². The molecule has 1 aliphatic heterocycles. The summed E-state index contributed by atoms with van der Waals surface area (Å²) in [4.78, 5) is 42.9. The molecule has 0 bridgehead atoms. The Morgan fingerprint density at radius 2 is 2.26 bits per heavy atom. The standard InChI is InChI=1S/C17H20N4O3S3/c1-10-16(26-9-13(18)22)27-17(19-10)20-14(23)11-4-2-6-21(8-11)15(24)12-5-3-7-25-12/h3,5,7,11H,2,4,6,8-9H2,1H3,(H2,18,22)(H,19,20,23). The maximum Gasteiger partial charge on any atom is 0.263 e. The second-order valence-electron chi connectivity index (χ2n) is 6.20. The van der Waals surface area contributed by atoms with Gasteiger partial charge in [0.05, 0.1) is 26.5 Å². The lowest BCUT2D eigenvalue weighted by atomic mass is 9.97. The molecule has 0 spiro atoms. The van der Waals surface area contributed by atoms with Crippen molar-refractivity contribution in [3.63, 3.8) is 0 Å². The quantitative estimate of drug-likeness (QED) is 0.694. The van der Waals surface area contributed by atoms with Gasteiger partial charge in [0, 0.05) is 13.1 Å². The number of nitrogens with zero attached hydrogens (tertiary/aromatic N) is 2. The lowest BCUT2D eigenvalue weighted by Crippen LogP contribution is -2.43. The molecular formula is C17H20N4O3S3. The molecule has 7 nitrogen and oxygen atoms in total. The van der Waals surface area contributed by atoms with Crippen molar-refractivity contribution in [3.8, 4) is 0 Å². The smallest absolute Gasteiger partial charge is 0.263 e. The van der Waals surface area contributed by atoms with Crippen molar-refractivity contribution in [2.24, 2.45) is 11.7 Å². The van der Waals surface area contributed by atoms with E-state index >= 15 is 0 Å². The number of aryl methyl sites for hydroxylation is 1. The molecule has 1 fully saturated rings. The normalized spacial score (nSPS) is 16.9. The number of carbonyl (C=O) groups is 3. The summed E-state index contributed by atoms with van der Waals surface area (Å²) in [5.74, 6) is -0.611. The van der Waals surface area contributed by atoms with E-state index in [2.05, 4.69) is 10.3 Å². The van der Waals surface area contributed by atoms with Gasteiger partial charge < -0.3 is 16.0 Å². The van der Waals surface area contributed by atoms with Gasteiger partial charge in [-0.3, -0.25) is 14.4 Å². The molecule has 1 aliphatic rings. The molecule has 3 N–H and O–H groups in total. The maximum atomic E-state index is 12.6. The van der Waals surface area contributed by atoms with Gasteiger partial charge in [-0.05, 0) is 31.2 Å². The van der Waals surface area contributed by atoms with E-state index < -0.39 is 5.91 Å². The van der Waals surface area contributed by atoms with Gasteiger partial charge in [-0.15, -0.1) is 23.1 Å². The molecule has 0 saturated carbocycles. The van der Waals surface area contributed by atoms with E-state index in [1.54, 1.807) is 11.0 Å². The minimum atomic E-state index is -0.393. The third-order valence-electron chi connectivity index (χ3n) is 4.14. The van der Waals surface area contributed by atoms with Crippen molar-refractivity contribution in [1.82, 2.24) is 9.88 Å². The topological polar surface area (TPSA) is 105 Å². The van der Waals surface area contributed by atoms with E-state index in [1.165, 1.54) is 34.4 Å². The number of piperidine rings is 1. The molecule has 10 heteroatoms. The van der Waals surface area contributed by atoms with E-state index in [0.29, 0.717) is 23.1 Å². The highest BCUT2D eigenvalue weighted by atomic mass is 32.2. The second kappa shape index (κ2) is 8.85. The predicted molar refractivity (Wildman–Crippen MR) is 108 cm³/mol. The zero-order valence-electron chi connectivity index (χ0n) is 14.8. The van der Waals surface area contributed by atoms with Crippen LogP contribution < -0.4 is 11.1 Å². The Bertz CT molecular complexity index is 835. The van der Waals surface area contributed by atoms with E-state index in [0.717, 1.165) is 22.7 Å². The number of anilines is 1. The van der Waals surface area contributed by atoms with Gasteiger partial charge in [-0.2, -0.15) is 0 Å². The van der Waals surface area contributed by atoms with Crippen molar-refractivity contribution in [3.05, 3.63) is 28.1 Å². The SMILES string of the molecule is Cc1nc(NC(=O)C2CCCN(C(=O)c3cccs3)C2)sc1SCC(N)=O. The number of thioether (sulfide) groups is 1. The Balaban J connectivity index is 1.60. The number of thiophene rings is 1. The van der Waals surface area contributed by atoms with Gasteiger partial charge in [-0.1, -0.05) is 17.4 Å². The van der Waals surface area contributed by atoms with Crippen LogP contribution in [-0.2, 0) is 9.59 Å². The molecule has 0 aliphatic carbocycles. The summed E-state index contributed by atoms with van der Waals surface area (Å²) in [6.45, 7) is 2.92. The van der Waals surface area contributed by atoms with E-state index in [9.17, 15) is 14.4 Å². The predicted octanol–water partition coefficient (Wildman–Crippen LogP) is 2.58. The number of aromatic nitrogens is 1. The van der Waals surface area contributed by atoms with Crippen molar-refractivity contribution in [2.75, 3.05) is 24.2 Å². The molecule has 0 radical (unpaired) electrons. The largest absolute Gasteiger partial charge is 0.369 e. The minimum absolute atomic E-state index is 0.0160. The Hall–Kier alpha value is -1.91. The first kappa shape index (κ1) is 19.8. The highest BCUT2D eigenvalue weighted by Gasteiger charge is 2.29. The van der Waals surface area contributed by atoms with Crippen LogP contribution in [-0.4, -0.2) is 46.4 Å². The molecule has 1 atom stereocenters. The van der Waals surface area contributed by atoms with Crippen molar-refractivity contribution in [2.45, 2.75) is 24.0 Å². The van der Waals surface area contributed by atoms with Crippen LogP contribution >= 0.6 is 34.4 Å². The number of primary amides is 1. The summed E-state index contributed by atoms with van der Waals surface area (Å²) in [6.07, 6.45) is 1.54. The van der Waals surface area contributed by atoms with Crippen molar-refractivity contribution in [1.29, 1.82) is 0 Å². The van der Waals surface area contributed by atoms with Crippen LogP contribution in [0.15, 0.2) is 21.7 Å². The summed E-state index contributed by atoms with van der Waals surface area (Å²) in [7, 11) is 0. The number of nitrogens with one attached hydrogen (secondary N) is 1. The van der Waals surface area contributed by atoms with E-state index in [4.69, 9.17) is 5.73 Å². The van der Waals surface area contributed by atoms with Crippen LogP contribution in [0.2, 0.25) is 0 Å². The average Bonchev–Trinajstić information content (AvgIpc) is 3.29. The fourth-order valence-corrected chi connectivity index (χ4v) is 5.42. The van der Waals surface area contributed by atoms with Crippen LogP contribution in [0.3, 0.4) is 0 Å². The summed E-state index contributed by atoms with van der Waals surface area (Å²) in [5, 5.41) is 5.24. The molecule has 1 saturated heterocycles. The van der Waals surface area contributed by atoms with Crippen LogP contribution in [0.1, 0.15) is 28.2 Å². The van der Waals surface area contributed by atoms with Crippen molar-refractivity contribution < 1.29 is 14.4 Å². The zero-order valence-corrected chi connectivity index (χ0v) is 17.2. The molecular weight excluding hydrogens is 404 g/mol. The number of amides is 3. The number of hydrogen-bond acceptors (Lipinski definition) is 7. The number of hydrogen-bond donors (Lipinski definition) is 2. The van der Waals surface area contributed by atoms with Crippen LogP contribution in [0.5, 0.6) is 0 Å². The third-order valence-corrected chi connectivity index (χ3v) is 7.46. The van der Waals surface area contributed by atoms with Crippen molar-refractivity contribution >= 4 is 57.3 Å². The monoisotopic (exact) mass is 424 g/mol. The van der Waals surface area contributed by atoms with Gasteiger partial charge >= 0.3 is 0 Å². The molecule has 2 aromatic heterocycles. The highest BCUT2D eigenvalue weighted by molar-refractivity contribution is 8.01. The Morgan fingerprint density at radius 3 is 2.96 bits per heavy atom.